The molecule has 94 valence electrons. The van der Waals surface area contributed by atoms with E-state index in [0.29, 0.717) is 22.8 Å². The van der Waals surface area contributed by atoms with Crippen LogP contribution in [-0.2, 0) is 0 Å². The molecule has 0 saturated heterocycles. The Morgan fingerprint density at radius 3 is 2.50 bits per heavy atom. The third-order valence-electron chi connectivity index (χ3n) is 2.98. The van der Waals surface area contributed by atoms with Crippen LogP contribution < -0.4 is 0 Å². The van der Waals surface area contributed by atoms with Gasteiger partial charge in [0.25, 0.3) is 0 Å². The number of carbonyl (C=O) groups is 1. The SMILES string of the molecule is O=Cc1ccc2ccccc2c1C(O)C(O)CO. The maximum atomic E-state index is 11.0. The van der Waals surface area contributed by atoms with Crippen molar-refractivity contribution in [1.82, 2.24) is 0 Å². The van der Waals surface area contributed by atoms with Gasteiger partial charge in [-0.3, -0.25) is 4.79 Å². The van der Waals surface area contributed by atoms with Crippen LogP contribution in [0.5, 0.6) is 0 Å². The Balaban J connectivity index is 2.68. The van der Waals surface area contributed by atoms with Gasteiger partial charge < -0.3 is 15.3 Å². The van der Waals surface area contributed by atoms with Crippen LogP contribution in [-0.4, -0.2) is 34.3 Å². The Morgan fingerprint density at radius 1 is 1.11 bits per heavy atom. The summed E-state index contributed by atoms with van der Waals surface area (Å²) in [5.74, 6) is 0. The lowest BCUT2D eigenvalue weighted by atomic mass is 9.93. The molecular formula is C14H14O4. The van der Waals surface area contributed by atoms with E-state index >= 15 is 0 Å². The third kappa shape index (κ3) is 2.13. The van der Waals surface area contributed by atoms with Gasteiger partial charge in [0.15, 0.2) is 0 Å². The summed E-state index contributed by atoms with van der Waals surface area (Å²) in [4.78, 5) is 11.0. The molecular weight excluding hydrogens is 232 g/mol. The fourth-order valence-electron chi connectivity index (χ4n) is 2.04. The molecule has 2 aromatic rings. The molecule has 0 aliphatic carbocycles. The van der Waals surface area contributed by atoms with E-state index in [9.17, 15) is 15.0 Å². The zero-order chi connectivity index (χ0) is 13.1. The summed E-state index contributed by atoms with van der Waals surface area (Å²) in [6.45, 7) is -0.567. The average molecular weight is 246 g/mol. The zero-order valence-electron chi connectivity index (χ0n) is 9.65. The number of aliphatic hydroxyl groups is 3. The van der Waals surface area contributed by atoms with Gasteiger partial charge in [-0.25, -0.2) is 0 Å². The van der Waals surface area contributed by atoms with E-state index in [1.807, 2.05) is 12.1 Å². The lowest BCUT2D eigenvalue weighted by molar-refractivity contribution is -0.0147. The van der Waals surface area contributed by atoms with E-state index in [4.69, 9.17) is 5.11 Å². The predicted molar refractivity (Wildman–Crippen MR) is 67.4 cm³/mol. The lowest BCUT2D eigenvalue weighted by Gasteiger charge is -2.19. The fourth-order valence-corrected chi connectivity index (χ4v) is 2.04. The maximum Gasteiger partial charge on any atom is 0.150 e. The first-order valence-corrected chi connectivity index (χ1v) is 5.63. The Labute approximate surface area is 104 Å². The van der Waals surface area contributed by atoms with Crippen LogP contribution in [0.4, 0.5) is 0 Å². The summed E-state index contributed by atoms with van der Waals surface area (Å²) in [7, 11) is 0. The zero-order valence-corrected chi connectivity index (χ0v) is 9.65. The quantitative estimate of drug-likeness (QED) is 0.704. The normalized spacial score (nSPS) is 14.4. The van der Waals surface area contributed by atoms with Gasteiger partial charge >= 0.3 is 0 Å². The van der Waals surface area contributed by atoms with Crippen molar-refractivity contribution in [3.05, 3.63) is 47.5 Å². The second kappa shape index (κ2) is 5.27. The first kappa shape index (κ1) is 12.7. The largest absolute Gasteiger partial charge is 0.394 e. The van der Waals surface area contributed by atoms with Crippen LogP contribution in [0.3, 0.4) is 0 Å². The molecule has 4 heteroatoms. The molecule has 4 nitrogen and oxygen atoms in total. The average Bonchev–Trinajstić information content (AvgIpc) is 2.44. The molecule has 2 unspecified atom stereocenters. The van der Waals surface area contributed by atoms with Gasteiger partial charge in [-0.15, -0.1) is 0 Å². The molecule has 0 aliphatic heterocycles. The summed E-state index contributed by atoms with van der Waals surface area (Å²) in [5.41, 5.74) is 0.665. The number of fused-ring (bicyclic) bond motifs is 1. The number of hydrogen-bond donors (Lipinski definition) is 3. The Hall–Kier alpha value is -1.75. The Bertz CT molecular complexity index is 565. The van der Waals surface area contributed by atoms with Gasteiger partial charge in [-0.2, -0.15) is 0 Å². The van der Waals surface area contributed by atoms with Crippen LogP contribution in [0.15, 0.2) is 36.4 Å². The molecule has 0 radical (unpaired) electrons. The summed E-state index contributed by atoms with van der Waals surface area (Å²) in [6.07, 6.45) is -1.97. The van der Waals surface area contributed by atoms with Crippen molar-refractivity contribution in [3.8, 4) is 0 Å². The molecule has 0 saturated carbocycles. The van der Waals surface area contributed by atoms with Crippen molar-refractivity contribution < 1.29 is 20.1 Å². The fraction of sp³-hybridized carbons (Fsp3) is 0.214. The van der Waals surface area contributed by atoms with Gasteiger partial charge in [0.05, 0.1) is 6.61 Å². The highest BCUT2D eigenvalue weighted by molar-refractivity contribution is 5.93. The van der Waals surface area contributed by atoms with Crippen LogP contribution in [0, 0.1) is 0 Å². The van der Waals surface area contributed by atoms with E-state index in [2.05, 4.69) is 0 Å². The van der Waals surface area contributed by atoms with Crippen molar-refractivity contribution >= 4 is 17.1 Å². The first-order valence-electron chi connectivity index (χ1n) is 5.63. The first-order chi connectivity index (χ1) is 8.69. The number of rotatable bonds is 4. The second-order valence-electron chi connectivity index (χ2n) is 4.10. The minimum Gasteiger partial charge on any atom is -0.394 e. The van der Waals surface area contributed by atoms with Crippen LogP contribution in [0.25, 0.3) is 10.8 Å². The van der Waals surface area contributed by atoms with Gasteiger partial charge in [0.1, 0.15) is 18.5 Å². The second-order valence-corrected chi connectivity index (χ2v) is 4.10. The van der Waals surface area contributed by atoms with Gasteiger partial charge in [0, 0.05) is 11.1 Å². The van der Waals surface area contributed by atoms with Crippen molar-refractivity contribution in [1.29, 1.82) is 0 Å². The van der Waals surface area contributed by atoms with Crippen LogP contribution in [0.2, 0.25) is 0 Å². The maximum absolute atomic E-state index is 11.0. The number of aliphatic hydroxyl groups excluding tert-OH is 3. The minimum atomic E-state index is -1.31. The Kier molecular flexibility index (Phi) is 3.72. The summed E-state index contributed by atoms with van der Waals surface area (Å²) < 4.78 is 0. The smallest absolute Gasteiger partial charge is 0.150 e. The highest BCUT2D eigenvalue weighted by Crippen LogP contribution is 2.29. The number of benzene rings is 2. The molecule has 0 fully saturated rings. The molecule has 0 heterocycles. The molecule has 2 aromatic carbocycles. The van der Waals surface area contributed by atoms with Crippen LogP contribution >= 0.6 is 0 Å². The highest BCUT2D eigenvalue weighted by atomic mass is 16.4. The van der Waals surface area contributed by atoms with Gasteiger partial charge in [-0.05, 0) is 10.8 Å². The molecule has 0 aliphatic rings. The van der Waals surface area contributed by atoms with E-state index in [-0.39, 0.29) is 0 Å². The monoisotopic (exact) mass is 246 g/mol. The molecule has 0 spiro atoms. The van der Waals surface area contributed by atoms with Crippen LogP contribution in [0.1, 0.15) is 22.0 Å². The highest BCUT2D eigenvalue weighted by Gasteiger charge is 2.22. The molecule has 3 N–H and O–H groups in total. The predicted octanol–water partition coefficient (Wildman–Crippen LogP) is 1.04. The standard InChI is InChI=1S/C14H14O4/c15-7-10-6-5-9-3-1-2-4-11(9)13(10)14(18)12(17)8-16/h1-7,12,14,16-18H,8H2. The lowest BCUT2D eigenvalue weighted by Crippen LogP contribution is -2.23. The summed E-state index contributed by atoms with van der Waals surface area (Å²) in [6, 6.07) is 10.6. The van der Waals surface area contributed by atoms with E-state index in [1.165, 1.54) is 0 Å². The molecule has 2 rings (SSSR count). The van der Waals surface area contributed by atoms with E-state index in [0.717, 1.165) is 5.39 Å². The number of carbonyl (C=O) groups excluding carboxylic acids is 1. The molecule has 2 atom stereocenters. The van der Waals surface area contributed by atoms with E-state index < -0.39 is 18.8 Å². The van der Waals surface area contributed by atoms with Crippen molar-refractivity contribution in [2.45, 2.75) is 12.2 Å². The van der Waals surface area contributed by atoms with Crippen molar-refractivity contribution in [2.75, 3.05) is 6.61 Å². The van der Waals surface area contributed by atoms with Crippen molar-refractivity contribution in [3.63, 3.8) is 0 Å². The molecule has 0 aromatic heterocycles. The van der Waals surface area contributed by atoms with E-state index in [1.54, 1.807) is 24.3 Å². The minimum absolute atomic E-state index is 0.314. The molecule has 0 bridgehead atoms. The number of hydrogen-bond acceptors (Lipinski definition) is 4. The van der Waals surface area contributed by atoms with Gasteiger partial charge in [-0.1, -0.05) is 36.4 Å². The molecule has 0 amide bonds. The summed E-state index contributed by atoms with van der Waals surface area (Å²) in [5, 5.41) is 30.0. The molecule has 18 heavy (non-hydrogen) atoms. The topological polar surface area (TPSA) is 77.8 Å². The van der Waals surface area contributed by atoms with Crippen molar-refractivity contribution in [2.24, 2.45) is 0 Å². The number of aldehydes is 1. The van der Waals surface area contributed by atoms with Gasteiger partial charge in [0.2, 0.25) is 0 Å². The third-order valence-corrected chi connectivity index (χ3v) is 2.98. The Morgan fingerprint density at radius 2 is 1.83 bits per heavy atom. The summed E-state index contributed by atoms with van der Waals surface area (Å²) >= 11 is 0.